The number of hydrogen-bond donors (Lipinski definition) is 3. The molecule has 11 heteroatoms. The summed E-state index contributed by atoms with van der Waals surface area (Å²) in [6, 6.07) is 8.88. The maximum absolute atomic E-state index is 11.8. The van der Waals surface area contributed by atoms with Gasteiger partial charge in [0.1, 0.15) is 5.69 Å². The summed E-state index contributed by atoms with van der Waals surface area (Å²) >= 11 is 0. The lowest BCUT2D eigenvalue weighted by Gasteiger charge is -2.21. The van der Waals surface area contributed by atoms with Crippen LogP contribution in [0.3, 0.4) is 0 Å². The predicted molar refractivity (Wildman–Crippen MR) is 107 cm³/mol. The first-order valence-corrected chi connectivity index (χ1v) is 9.95. The van der Waals surface area contributed by atoms with Crippen molar-refractivity contribution in [3.63, 3.8) is 0 Å². The molecular weight excluding hydrogens is 381 g/mol. The summed E-state index contributed by atoms with van der Waals surface area (Å²) in [5.41, 5.74) is 7.97. The topological polar surface area (TPSA) is 139 Å². The van der Waals surface area contributed by atoms with Crippen molar-refractivity contribution < 1.29 is 14.3 Å². The second-order valence-corrected chi connectivity index (χ2v) is 7.07. The highest BCUT2D eigenvalue weighted by atomic mass is 31.1. The molecule has 0 radical (unpaired) electrons. The van der Waals surface area contributed by atoms with Crippen molar-refractivity contribution in [3.8, 4) is 5.95 Å². The van der Waals surface area contributed by atoms with Crippen LogP contribution in [0.2, 0.25) is 0 Å². The van der Waals surface area contributed by atoms with E-state index in [9.17, 15) is 9.36 Å². The molecule has 1 unspecified atom stereocenters. The largest absolute Gasteiger partial charge is 0.382 e. The van der Waals surface area contributed by atoms with Crippen molar-refractivity contribution in [1.29, 1.82) is 0 Å². The zero-order valence-electron chi connectivity index (χ0n) is 15.1. The summed E-state index contributed by atoms with van der Waals surface area (Å²) in [7, 11) is -0.964. The summed E-state index contributed by atoms with van der Waals surface area (Å²) in [6.07, 6.45) is 3.99. The average molecular weight is 401 g/mol. The molecule has 1 aromatic carbocycles. The van der Waals surface area contributed by atoms with Crippen molar-refractivity contribution in [2.75, 3.05) is 23.0 Å². The molecule has 2 aromatic heterocycles. The van der Waals surface area contributed by atoms with Crippen LogP contribution in [-0.2, 0) is 22.1 Å². The van der Waals surface area contributed by atoms with Gasteiger partial charge in [-0.2, -0.15) is 15.1 Å². The van der Waals surface area contributed by atoms with Crippen molar-refractivity contribution >= 4 is 31.8 Å². The molecule has 0 saturated carbocycles. The van der Waals surface area contributed by atoms with Crippen LogP contribution in [0.25, 0.3) is 5.95 Å². The zero-order valence-corrected chi connectivity index (χ0v) is 16.1. The van der Waals surface area contributed by atoms with Gasteiger partial charge in [0.15, 0.2) is 19.7 Å². The average Bonchev–Trinajstić information content (AvgIpc) is 3.20. The number of aromatic nitrogens is 4. The molecule has 2 heterocycles. The summed E-state index contributed by atoms with van der Waals surface area (Å²) in [4.78, 5) is 31.0. The summed E-state index contributed by atoms with van der Waals surface area (Å²) in [6.45, 7) is 0.202. The third-order valence-corrected chi connectivity index (χ3v) is 4.68. The Labute approximate surface area is 161 Å². The van der Waals surface area contributed by atoms with E-state index in [1.807, 2.05) is 6.07 Å². The summed E-state index contributed by atoms with van der Waals surface area (Å²) in [5.74, 6) is 0.713. The molecule has 146 valence electrons. The molecule has 28 heavy (non-hydrogen) atoms. The molecule has 0 bridgehead atoms. The number of nitrogens with zero attached hydrogens (tertiary/aromatic N) is 5. The Morgan fingerprint density at radius 3 is 2.75 bits per heavy atom. The Balaban J connectivity index is 1.98. The molecule has 0 spiro atoms. The number of nitrogens with two attached hydrogens (primary N) is 1. The van der Waals surface area contributed by atoms with Crippen molar-refractivity contribution in [1.82, 2.24) is 19.7 Å². The number of amides is 1. The quantitative estimate of drug-likeness (QED) is 0.380. The molecule has 0 fully saturated rings. The number of hydrogen-bond acceptors (Lipinski definition) is 7. The molecule has 1 atom stereocenters. The molecule has 3 rings (SSSR count). The first-order valence-electron chi connectivity index (χ1n) is 8.38. The summed E-state index contributed by atoms with van der Waals surface area (Å²) < 4.78 is 12.6. The van der Waals surface area contributed by atoms with Gasteiger partial charge in [0.05, 0.1) is 6.54 Å². The molecule has 1 amide bonds. The Morgan fingerprint density at radius 1 is 1.32 bits per heavy atom. The molecule has 3 aromatic rings. The summed E-state index contributed by atoms with van der Waals surface area (Å²) in [5, 5.41) is 7.01. The fourth-order valence-corrected chi connectivity index (χ4v) is 3.33. The van der Waals surface area contributed by atoms with Gasteiger partial charge in [0, 0.05) is 25.6 Å². The van der Waals surface area contributed by atoms with Crippen LogP contribution in [0.15, 0.2) is 42.7 Å². The van der Waals surface area contributed by atoms with E-state index in [1.165, 1.54) is 9.58 Å². The highest BCUT2D eigenvalue weighted by Crippen LogP contribution is 2.30. The number of anilines is 3. The third kappa shape index (κ3) is 4.36. The standard InChI is InChI=1S/C17H20N7O3P/c1-19-14-15(18)21-17(24-7-3-6-20-24)22-16(14)23(11-25)9-12-4-2-5-13(8-12)10-28(26)27/h2-8,11,19,28H,9-10H2,1H3,(H,26,27)(H2,18,21,22). The highest BCUT2D eigenvalue weighted by molar-refractivity contribution is 7.37. The minimum absolute atomic E-state index is 0.0886. The molecule has 0 aliphatic rings. The number of carbonyl (C=O) groups is 1. The van der Waals surface area contributed by atoms with E-state index >= 15 is 0 Å². The van der Waals surface area contributed by atoms with E-state index < -0.39 is 8.03 Å². The van der Waals surface area contributed by atoms with E-state index in [4.69, 9.17) is 10.6 Å². The first-order chi connectivity index (χ1) is 13.5. The van der Waals surface area contributed by atoms with Crippen molar-refractivity contribution in [2.45, 2.75) is 12.7 Å². The maximum atomic E-state index is 11.8. The fraction of sp³-hybridized carbons (Fsp3) is 0.176. The highest BCUT2D eigenvalue weighted by Gasteiger charge is 2.19. The molecule has 10 nitrogen and oxygen atoms in total. The molecule has 4 N–H and O–H groups in total. The second kappa shape index (κ2) is 8.64. The molecule has 0 saturated heterocycles. The lowest BCUT2D eigenvalue weighted by molar-refractivity contribution is -0.107. The van der Waals surface area contributed by atoms with Crippen LogP contribution in [0.1, 0.15) is 11.1 Å². The van der Waals surface area contributed by atoms with Gasteiger partial charge in [-0.15, -0.1) is 0 Å². The van der Waals surface area contributed by atoms with Crippen molar-refractivity contribution in [3.05, 3.63) is 53.9 Å². The van der Waals surface area contributed by atoms with Crippen LogP contribution in [-0.4, -0.2) is 38.1 Å². The lowest BCUT2D eigenvalue weighted by atomic mass is 10.1. The Kier molecular flexibility index (Phi) is 6.03. The van der Waals surface area contributed by atoms with Crippen LogP contribution in [0.5, 0.6) is 0 Å². The van der Waals surface area contributed by atoms with Crippen LogP contribution >= 0.6 is 8.03 Å². The van der Waals surface area contributed by atoms with Crippen LogP contribution in [0, 0.1) is 0 Å². The van der Waals surface area contributed by atoms with Gasteiger partial charge in [-0.1, -0.05) is 24.3 Å². The predicted octanol–water partition coefficient (Wildman–Crippen LogP) is 1.42. The minimum Gasteiger partial charge on any atom is -0.382 e. The molecule has 0 aliphatic carbocycles. The van der Waals surface area contributed by atoms with Gasteiger partial charge in [-0.3, -0.25) is 14.3 Å². The van der Waals surface area contributed by atoms with Gasteiger partial charge in [-0.05, 0) is 17.2 Å². The Hall–Kier alpha value is -3.23. The Morgan fingerprint density at radius 2 is 2.11 bits per heavy atom. The monoisotopic (exact) mass is 401 g/mol. The van der Waals surface area contributed by atoms with Gasteiger partial charge in [-0.25, -0.2) is 4.68 Å². The zero-order chi connectivity index (χ0) is 20.1. The van der Waals surface area contributed by atoms with E-state index in [2.05, 4.69) is 20.4 Å². The van der Waals surface area contributed by atoms with E-state index in [0.29, 0.717) is 17.9 Å². The second-order valence-electron chi connectivity index (χ2n) is 5.93. The fourth-order valence-electron chi connectivity index (χ4n) is 2.76. The van der Waals surface area contributed by atoms with Gasteiger partial charge in [0.2, 0.25) is 6.41 Å². The van der Waals surface area contributed by atoms with Gasteiger partial charge >= 0.3 is 0 Å². The number of nitrogens with one attached hydrogen (secondary N) is 1. The number of nitrogen functional groups attached to an aromatic ring is 1. The third-order valence-electron chi connectivity index (χ3n) is 3.96. The number of rotatable bonds is 8. The molecular formula is C17H20N7O3P. The normalized spacial score (nSPS) is 11.8. The smallest absolute Gasteiger partial charge is 0.254 e. The van der Waals surface area contributed by atoms with E-state index in [-0.39, 0.29) is 24.5 Å². The first kappa shape index (κ1) is 19.5. The van der Waals surface area contributed by atoms with Crippen molar-refractivity contribution in [2.24, 2.45) is 0 Å². The van der Waals surface area contributed by atoms with Crippen LogP contribution < -0.4 is 16.0 Å². The van der Waals surface area contributed by atoms with Gasteiger partial charge < -0.3 is 15.9 Å². The molecule has 0 aliphatic heterocycles. The van der Waals surface area contributed by atoms with Crippen LogP contribution in [0.4, 0.5) is 17.3 Å². The number of benzene rings is 1. The van der Waals surface area contributed by atoms with E-state index in [0.717, 1.165) is 11.1 Å². The lowest BCUT2D eigenvalue weighted by Crippen LogP contribution is -2.24. The SMILES string of the molecule is CNc1c(N)nc(-n2cccn2)nc1N(C=O)Cc1cccc(C[PH](=O)O)c1. The minimum atomic E-state index is -2.63. The maximum Gasteiger partial charge on any atom is 0.254 e. The number of carbonyl (C=O) groups excluding carboxylic acids is 1. The van der Waals surface area contributed by atoms with Gasteiger partial charge in [0.25, 0.3) is 5.95 Å². The Bertz CT molecular complexity index is 994. The van der Waals surface area contributed by atoms with E-state index in [1.54, 1.807) is 43.7 Å².